The third kappa shape index (κ3) is 4.71. The van der Waals surface area contributed by atoms with Crippen molar-refractivity contribution in [3.05, 3.63) is 65.0 Å². The number of carbonyl (C=O) groups is 1. The van der Waals surface area contributed by atoms with Crippen molar-refractivity contribution >= 4 is 27.5 Å². The van der Waals surface area contributed by atoms with Gasteiger partial charge < -0.3 is 9.32 Å². The molecular weight excluding hydrogens is 422 g/mol. The highest BCUT2D eigenvalue weighted by atomic mass is 32.1. The maximum absolute atomic E-state index is 12.7. The molecule has 5 rings (SSSR count). The van der Waals surface area contributed by atoms with Crippen LogP contribution >= 0.6 is 11.3 Å². The van der Waals surface area contributed by atoms with Crippen molar-refractivity contribution in [1.82, 2.24) is 25.0 Å². The van der Waals surface area contributed by atoms with Gasteiger partial charge in [0.2, 0.25) is 17.7 Å². The predicted octanol–water partition coefficient (Wildman–Crippen LogP) is 3.93. The highest BCUT2D eigenvalue weighted by molar-refractivity contribution is 7.18. The molecule has 1 aliphatic heterocycles. The van der Waals surface area contributed by atoms with Crippen molar-refractivity contribution in [3.8, 4) is 11.5 Å². The summed E-state index contributed by atoms with van der Waals surface area (Å²) in [4.78, 5) is 21.7. The molecule has 4 aromatic rings. The molecule has 0 N–H and O–H groups in total. The van der Waals surface area contributed by atoms with Crippen molar-refractivity contribution < 1.29 is 9.21 Å². The summed E-state index contributed by atoms with van der Waals surface area (Å²) in [5.41, 5.74) is 3.14. The first-order valence-corrected chi connectivity index (χ1v) is 11.7. The molecule has 0 radical (unpaired) electrons. The zero-order valence-electron chi connectivity index (χ0n) is 18.0. The fourth-order valence-corrected chi connectivity index (χ4v) is 4.88. The van der Waals surface area contributed by atoms with E-state index in [1.807, 2.05) is 48.2 Å². The number of nitrogens with zero attached hydrogens (tertiary/aromatic N) is 5. The Balaban J connectivity index is 1.10. The van der Waals surface area contributed by atoms with Crippen LogP contribution in [0.3, 0.4) is 0 Å². The number of aromatic nitrogens is 3. The molecule has 0 unspecified atom stereocenters. The molecule has 0 atom stereocenters. The lowest BCUT2D eigenvalue weighted by atomic mass is 10.1. The topological polar surface area (TPSA) is 75.4 Å². The monoisotopic (exact) mass is 447 g/mol. The number of fused-ring (bicyclic) bond motifs is 1. The van der Waals surface area contributed by atoms with Crippen LogP contribution in [0.4, 0.5) is 0 Å². The van der Waals surface area contributed by atoms with E-state index in [2.05, 4.69) is 27.2 Å². The van der Waals surface area contributed by atoms with Crippen LogP contribution in [0.2, 0.25) is 0 Å². The van der Waals surface area contributed by atoms with Crippen molar-refractivity contribution in [2.75, 3.05) is 26.2 Å². The molecule has 0 spiro atoms. The van der Waals surface area contributed by atoms with E-state index in [-0.39, 0.29) is 5.91 Å². The molecule has 1 amide bonds. The van der Waals surface area contributed by atoms with Crippen LogP contribution in [0, 0.1) is 6.92 Å². The van der Waals surface area contributed by atoms with Gasteiger partial charge in [-0.3, -0.25) is 9.69 Å². The van der Waals surface area contributed by atoms with Crippen LogP contribution in [0.1, 0.15) is 22.9 Å². The number of amides is 1. The van der Waals surface area contributed by atoms with Gasteiger partial charge in [0.05, 0.1) is 16.8 Å². The SMILES string of the molecule is Cc1ccc(-c2nnc(CCC(=O)N3CCN(Cc4nc5ccccc5s4)CC3)o2)cc1. The van der Waals surface area contributed by atoms with Gasteiger partial charge in [0, 0.05) is 44.6 Å². The van der Waals surface area contributed by atoms with E-state index in [9.17, 15) is 4.79 Å². The largest absolute Gasteiger partial charge is 0.421 e. The smallest absolute Gasteiger partial charge is 0.247 e. The zero-order valence-corrected chi connectivity index (χ0v) is 18.8. The lowest BCUT2D eigenvalue weighted by Crippen LogP contribution is -2.48. The van der Waals surface area contributed by atoms with E-state index in [1.165, 1.54) is 10.3 Å². The summed E-state index contributed by atoms with van der Waals surface area (Å²) in [5, 5.41) is 9.36. The van der Waals surface area contributed by atoms with E-state index in [0.29, 0.717) is 24.6 Å². The second-order valence-electron chi connectivity index (χ2n) is 8.10. The van der Waals surface area contributed by atoms with Crippen LogP contribution in [0.5, 0.6) is 0 Å². The van der Waals surface area contributed by atoms with Gasteiger partial charge in [0.25, 0.3) is 0 Å². The number of benzene rings is 2. The fraction of sp³-hybridized carbons (Fsp3) is 0.333. The normalized spacial score (nSPS) is 14.8. The minimum atomic E-state index is 0.139. The van der Waals surface area contributed by atoms with E-state index < -0.39 is 0 Å². The Bertz CT molecular complexity index is 1180. The molecule has 164 valence electrons. The third-order valence-electron chi connectivity index (χ3n) is 5.74. The summed E-state index contributed by atoms with van der Waals surface area (Å²) in [6.45, 7) is 6.07. The summed E-state index contributed by atoms with van der Waals surface area (Å²) in [6, 6.07) is 16.2. The van der Waals surface area contributed by atoms with E-state index in [4.69, 9.17) is 9.40 Å². The second kappa shape index (κ2) is 9.18. The summed E-state index contributed by atoms with van der Waals surface area (Å²) < 4.78 is 6.97. The minimum absolute atomic E-state index is 0.139. The van der Waals surface area contributed by atoms with Crippen LogP contribution in [0.15, 0.2) is 52.9 Å². The number of para-hydroxylation sites is 1. The Morgan fingerprint density at radius 2 is 1.81 bits per heavy atom. The highest BCUT2D eigenvalue weighted by Gasteiger charge is 2.22. The first-order chi connectivity index (χ1) is 15.6. The van der Waals surface area contributed by atoms with Crippen LogP contribution in [-0.4, -0.2) is 57.1 Å². The number of carbonyl (C=O) groups excluding carboxylic acids is 1. The summed E-state index contributed by atoms with van der Waals surface area (Å²) in [7, 11) is 0. The van der Waals surface area contributed by atoms with Gasteiger partial charge in [-0.05, 0) is 31.2 Å². The molecule has 0 aliphatic carbocycles. The molecule has 32 heavy (non-hydrogen) atoms. The average molecular weight is 448 g/mol. The molecule has 1 aliphatic rings. The Labute approximate surface area is 190 Å². The lowest BCUT2D eigenvalue weighted by Gasteiger charge is -2.34. The number of thiazole rings is 1. The van der Waals surface area contributed by atoms with Gasteiger partial charge in [-0.1, -0.05) is 29.8 Å². The molecule has 2 aromatic heterocycles. The lowest BCUT2D eigenvalue weighted by molar-refractivity contribution is -0.133. The van der Waals surface area contributed by atoms with Crippen LogP contribution in [0.25, 0.3) is 21.7 Å². The molecule has 0 bridgehead atoms. The Hall–Kier alpha value is -3.10. The number of aryl methyl sites for hydroxylation is 2. The molecule has 1 fully saturated rings. The van der Waals surface area contributed by atoms with Crippen molar-refractivity contribution in [1.29, 1.82) is 0 Å². The average Bonchev–Trinajstić information content (AvgIpc) is 3.45. The third-order valence-corrected chi connectivity index (χ3v) is 6.76. The maximum atomic E-state index is 12.7. The number of piperazine rings is 1. The Morgan fingerprint density at radius 1 is 1.03 bits per heavy atom. The van der Waals surface area contributed by atoms with Gasteiger partial charge in [0.15, 0.2) is 0 Å². The number of rotatable bonds is 6. The van der Waals surface area contributed by atoms with Crippen LogP contribution in [-0.2, 0) is 17.8 Å². The highest BCUT2D eigenvalue weighted by Crippen LogP contribution is 2.23. The van der Waals surface area contributed by atoms with Gasteiger partial charge >= 0.3 is 0 Å². The second-order valence-corrected chi connectivity index (χ2v) is 9.21. The maximum Gasteiger partial charge on any atom is 0.247 e. The molecular formula is C24H25N5O2S. The standard InChI is InChI=1S/C24H25N5O2S/c1-17-6-8-18(9-7-17)24-27-26-21(31-24)10-11-23(30)29-14-12-28(13-15-29)16-22-25-19-4-2-3-5-20(19)32-22/h2-9H,10-16H2,1H3. The quantitative estimate of drug-likeness (QED) is 0.446. The molecule has 7 nitrogen and oxygen atoms in total. The van der Waals surface area contributed by atoms with Crippen molar-refractivity contribution in [3.63, 3.8) is 0 Å². The van der Waals surface area contributed by atoms with Gasteiger partial charge in [-0.15, -0.1) is 21.5 Å². The molecule has 8 heteroatoms. The summed E-state index contributed by atoms with van der Waals surface area (Å²) >= 11 is 1.75. The predicted molar refractivity (Wildman–Crippen MR) is 124 cm³/mol. The molecule has 0 saturated carbocycles. The Kier molecular flexibility index (Phi) is 5.96. The van der Waals surface area contributed by atoms with Crippen molar-refractivity contribution in [2.24, 2.45) is 0 Å². The van der Waals surface area contributed by atoms with Crippen molar-refractivity contribution in [2.45, 2.75) is 26.3 Å². The first kappa shape index (κ1) is 20.8. The molecule has 1 saturated heterocycles. The number of hydrogen-bond acceptors (Lipinski definition) is 7. The number of hydrogen-bond donors (Lipinski definition) is 0. The van der Waals surface area contributed by atoms with E-state index >= 15 is 0 Å². The molecule has 3 heterocycles. The summed E-state index contributed by atoms with van der Waals surface area (Å²) in [5.74, 6) is 1.14. The van der Waals surface area contributed by atoms with Gasteiger partial charge in [-0.25, -0.2) is 4.98 Å². The minimum Gasteiger partial charge on any atom is -0.421 e. The fourth-order valence-electron chi connectivity index (χ4n) is 3.87. The molecule has 2 aromatic carbocycles. The van der Waals surface area contributed by atoms with Crippen LogP contribution < -0.4 is 0 Å². The Morgan fingerprint density at radius 3 is 2.59 bits per heavy atom. The first-order valence-electron chi connectivity index (χ1n) is 10.9. The zero-order chi connectivity index (χ0) is 21.9. The van der Waals surface area contributed by atoms with E-state index in [0.717, 1.165) is 48.8 Å². The van der Waals surface area contributed by atoms with E-state index in [1.54, 1.807) is 11.3 Å². The van der Waals surface area contributed by atoms with Gasteiger partial charge in [0.1, 0.15) is 5.01 Å². The summed E-state index contributed by atoms with van der Waals surface area (Å²) in [6.07, 6.45) is 0.844. The van der Waals surface area contributed by atoms with Gasteiger partial charge in [-0.2, -0.15) is 0 Å².